The minimum atomic E-state index is -0.268. The fourth-order valence-corrected chi connectivity index (χ4v) is 2.91. The summed E-state index contributed by atoms with van der Waals surface area (Å²) in [4.78, 5) is 13.9. The van der Waals surface area contributed by atoms with Crippen molar-refractivity contribution >= 4 is 5.91 Å². The van der Waals surface area contributed by atoms with Crippen LogP contribution >= 0.6 is 0 Å². The third-order valence-corrected chi connectivity index (χ3v) is 4.13. The van der Waals surface area contributed by atoms with Crippen molar-refractivity contribution in [3.63, 3.8) is 0 Å². The van der Waals surface area contributed by atoms with Gasteiger partial charge in [0, 0.05) is 18.5 Å². The molecule has 1 aliphatic heterocycles. The zero-order valence-corrected chi connectivity index (χ0v) is 12.5. The predicted octanol–water partition coefficient (Wildman–Crippen LogP) is 3.70. The number of carbonyl (C=O) groups excluding carboxylic acids is 1. The molecule has 0 aromatic heterocycles. The number of halogens is 1. The largest absolute Gasteiger partial charge is 0.497 e. The molecule has 0 saturated carbocycles. The summed E-state index contributed by atoms with van der Waals surface area (Å²) in [7, 11) is 1.62. The molecule has 0 aliphatic carbocycles. The van der Waals surface area contributed by atoms with Gasteiger partial charge in [0.15, 0.2) is 0 Å². The Labute approximate surface area is 129 Å². The van der Waals surface area contributed by atoms with Crippen LogP contribution < -0.4 is 4.74 Å². The maximum Gasteiger partial charge on any atom is 0.223 e. The first-order valence-corrected chi connectivity index (χ1v) is 7.36. The summed E-state index contributed by atoms with van der Waals surface area (Å²) in [6.45, 7) is 0.308. The first-order valence-electron chi connectivity index (χ1n) is 7.36. The highest BCUT2D eigenvalue weighted by Crippen LogP contribution is 2.35. The van der Waals surface area contributed by atoms with Gasteiger partial charge in [0.25, 0.3) is 0 Å². The molecule has 1 aliphatic rings. The van der Waals surface area contributed by atoms with Crippen LogP contribution in [0.15, 0.2) is 48.5 Å². The van der Waals surface area contributed by atoms with Gasteiger partial charge in [-0.3, -0.25) is 4.79 Å². The van der Waals surface area contributed by atoms with Crippen molar-refractivity contribution in [2.75, 3.05) is 7.11 Å². The fourth-order valence-electron chi connectivity index (χ4n) is 2.91. The van der Waals surface area contributed by atoms with Crippen molar-refractivity contribution in [2.45, 2.75) is 25.4 Å². The first kappa shape index (κ1) is 14.6. The monoisotopic (exact) mass is 299 g/mol. The van der Waals surface area contributed by atoms with E-state index in [1.807, 2.05) is 24.3 Å². The van der Waals surface area contributed by atoms with Crippen LogP contribution in [-0.4, -0.2) is 17.9 Å². The third-order valence-electron chi connectivity index (χ3n) is 4.13. The van der Waals surface area contributed by atoms with E-state index in [2.05, 4.69) is 0 Å². The number of benzene rings is 2. The highest BCUT2D eigenvalue weighted by molar-refractivity contribution is 5.79. The number of carbonyl (C=O) groups is 1. The van der Waals surface area contributed by atoms with Crippen LogP contribution in [0.2, 0.25) is 0 Å². The Balaban J connectivity index is 1.84. The van der Waals surface area contributed by atoms with Crippen LogP contribution in [0.25, 0.3) is 0 Å². The average Bonchev–Trinajstić information content (AvgIpc) is 2.91. The number of hydrogen-bond donors (Lipinski definition) is 0. The quantitative estimate of drug-likeness (QED) is 0.861. The lowest BCUT2D eigenvalue weighted by Gasteiger charge is -2.25. The van der Waals surface area contributed by atoms with Gasteiger partial charge in [-0.1, -0.05) is 30.3 Å². The van der Waals surface area contributed by atoms with Crippen molar-refractivity contribution in [3.05, 3.63) is 65.5 Å². The predicted molar refractivity (Wildman–Crippen MR) is 81.9 cm³/mol. The van der Waals surface area contributed by atoms with Crippen LogP contribution in [-0.2, 0) is 11.3 Å². The molecule has 0 spiro atoms. The van der Waals surface area contributed by atoms with Gasteiger partial charge in [0.05, 0.1) is 13.2 Å². The molecular formula is C18H18FNO2. The van der Waals surface area contributed by atoms with Crippen LogP contribution in [0.4, 0.5) is 4.39 Å². The maximum absolute atomic E-state index is 13.8. The van der Waals surface area contributed by atoms with Gasteiger partial charge in [-0.25, -0.2) is 4.39 Å². The molecule has 3 nitrogen and oxygen atoms in total. The van der Waals surface area contributed by atoms with Gasteiger partial charge < -0.3 is 9.64 Å². The topological polar surface area (TPSA) is 29.5 Å². The SMILES string of the molecule is COc1ccc([C@@H]2CCC(=O)N2Cc2ccccc2F)cc1. The van der Waals surface area contributed by atoms with E-state index in [9.17, 15) is 9.18 Å². The van der Waals surface area contributed by atoms with Crippen molar-refractivity contribution in [1.82, 2.24) is 4.90 Å². The highest BCUT2D eigenvalue weighted by atomic mass is 19.1. The smallest absolute Gasteiger partial charge is 0.223 e. The van der Waals surface area contributed by atoms with E-state index >= 15 is 0 Å². The van der Waals surface area contributed by atoms with Crippen LogP contribution in [0.3, 0.4) is 0 Å². The summed E-state index contributed by atoms with van der Waals surface area (Å²) < 4.78 is 19.0. The van der Waals surface area contributed by atoms with E-state index in [-0.39, 0.29) is 17.8 Å². The Bertz CT molecular complexity index is 669. The molecule has 1 amide bonds. The number of rotatable bonds is 4. The maximum atomic E-state index is 13.8. The van der Waals surface area contributed by atoms with Crippen molar-refractivity contribution in [2.24, 2.45) is 0 Å². The molecule has 4 heteroatoms. The van der Waals surface area contributed by atoms with Crippen molar-refractivity contribution in [3.8, 4) is 5.75 Å². The van der Waals surface area contributed by atoms with E-state index in [1.54, 1.807) is 30.2 Å². The van der Waals surface area contributed by atoms with Crippen molar-refractivity contribution in [1.29, 1.82) is 0 Å². The molecule has 0 bridgehead atoms. The Morgan fingerprint density at radius 1 is 1.18 bits per heavy atom. The second-order valence-corrected chi connectivity index (χ2v) is 5.44. The summed E-state index contributed by atoms with van der Waals surface area (Å²) in [5.74, 6) is 0.591. The Morgan fingerprint density at radius 3 is 2.59 bits per heavy atom. The number of hydrogen-bond acceptors (Lipinski definition) is 2. The molecule has 1 fully saturated rings. The second kappa shape index (κ2) is 6.18. The minimum Gasteiger partial charge on any atom is -0.497 e. The second-order valence-electron chi connectivity index (χ2n) is 5.44. The van der Waals surface area contributed by atoms with Gasteiger partial charge in [-0.15, -0.1) is 0 Å². The Morgan fingerprint density at radius 2 is 1.91 bits per heavy atom. The number of methoxy groups -OCH3 is 1. The average molecular weight is 299 g/mol. The molecule has 0 unspecified atom stereocenters. The molecular weight excluding hydrogens is 281 g/mol. The van der Waals surface area contributed by atoms with Gasteiger partial charge in [0.1, 0.15) is 11.6 Å². The summed E-state index contributed by atoms with van der Waals surface area (Å²) in [6, 6.07) is 14.3. The molecule has 3 rings (SSSR count). The molecule has 2 aromatic rings. The fraction of sp³-hybridized carbons (Fsp3) is 0.278. The summed E-state index contributed by atoms with van der Waals surface area (Å²) in [6.07, 6.45) is 1.27. The van der Waals surface area contributed by atoms with E-state index in [0.29, 0.717) is 18.5 Å². The van der Waals surface area contributed by atoms with Crippen LogP contribution in [0.5, 0.6) is 5.75 Å². The summed E-state index contributed by atoms with van der Waals surface area (Å²) >= 11 is 0. The van der Waals surface area contributed by atoms with Gasteiger partial charge in [-0.2, -0.15) is 0 Å². The number of amides is 1. The third kappa shape index (κ3) is 2.82. The number of ether oxygens (including phenoxy) is 1. The van der Waals surface area contributed by atoms with Gasteiger partial charge in [-0.05, 0) is 30.2 Å². The molecule has 22 heavy (non-hydrogen) atoms. The van der Waals surface area contributed by atoms with Gasteiger partial charge >= 0.3 is 0 Å². The van der Waals surface area contributed by atoms with E-state index in [0.717, 1.165) is 17.7 Å². The molecule has 114 valence electrons. The lowest BCUT2D eigenvalue weighted by molar-refractivity contribution is -0.129. The van der Waals surface area contributed by atoms with Crippen LogP contribution in [0, 0.1) is 5.82 Å². The number of nitrogens with zero attached hydrogens (tertiary/aromatic N) is 1. The van der Waals surface area contributed by atoms with Gasteiger partial charge in [0.2, 0.25) is 5.91 Å². The minimum absolute atomic E-state index is 0.00184. The molecule has 0 radical (unpaired) electrons. The zero-order valence-electron chi connectivity index (χ0n) is 12.5. The molecule has 2 aromatic carbocycles. The Hall–Kier alpha value is -2.36. The molecule has 1 saturated heterocycles. The lowest BCUT2D eigenvalue weighted by Crippen LogP contribution is -2.27. The van der Waals surface area contributed by atoms with E-state index < -0.39 is 0 Å². The summed E-state index contributed by atoms with van der Waals surface area (Å²) in [5, 5.41) is 0. The number of likely N-dealkylation sites (tertiary alicyclic amines) is 1. The Kier molecular flexibility index (Phi) is 4.09. The molecule has 0 N–H and O–H groups in total. The molecule has 1 heterocycles. The van der Waals surface area contributed by atoms with Crippen molar-refractivity contribution < 1.29 is 13.9 Å². The lowest BCUT2D eigenvalue weighted by atomic mass is 10.0. The van der Waals surface area contributed by atoms with E-state index in [4.69, 9.17) is 4.74 Å². The normalized spacial score (nSPS) is 17.8. The first-order chi connectivity index (χ1) is 10.7. The standard InChI is InChI=1S/C18H18FNO2/c1-22-15-8-6-13(7-9-15)17-10-11-18(21)20(17)12-14-4-2-3-5-16(14)19/h2-9,17H,10-12H2,1H3/t17-/m0/s1. The van der Waals surface area contributed by atoms with Crippen LogP contribution in [0.1, 0.15) is 30.0 Å². The molecule has 1 atom stereocenters. The van der Waals surface area contributed by atoms with E-state index in [1.165, 1.54) is 6.07 Å². The zero-order chi connectivity index (χ0) is 15.5. The highest BCUT2D eigenvalue weighted by Gasteiger charge is 2.32. The summed E-state index contributed by atoms with van der Waals surface area (Å²) in [5.41, 5.74) is 1.61.